The minimum absolute atomic E-state index is 0.0698. The minimum Gasteiger partial charge on any atom is -0.465 e. The number of halogens is 1. The molecule has 0 saturated carbocycles. The van der Waals surface area contributed by atoms with Crippen molar-refractivity contribution in [2.45, 2.75) is 0 Å². The summed E-state index contributed by atoms with van der Waals surface area (Å²) in [5.41, 5.74) is 0.208. The maximum atomic E-state index is 11.4. The quantitative estimate of drug-likeness (QED) is 0.839. The molecule has 0 atom stereocenters. The van der Waals surface area contributed by atoms with Gasteiger partial charge in [-0.15, -0.1) is 0 Å². The third-order valence-corrected chi connectivity index (χ3v) is 2.51. The van der Waals surface area contributed by atoms with E-state index in [-0.39, 0.29) is 11.3 Å². The van der Waals surface area contributed by atoms with Crippen LogP contribution in [0.4, 0.5) is 5.69 Å². The van der Waals surface area contributed by atoms with E-state index in [0.29, 0.717) is 5.02 Å². The summed E-state index contributed by atoms with van der Waals surface area (Å²) in [5.74, 6) is -0.659. The van der Waals surface area contributed by atoms with Crippen LogP contribution in [0.2, 0.25) is 5.02 Å². The van der Waals surface area contributed by atoms with Gasteiger partial charge in [-0.05, 0) is 18.2 Å². The SMILES string of the molecule is COC(=O)c1cc(Cl)ccc1NS(C)(=O)=O. The summed E-state index contributed by atoms with van der Waals surface area (Å²) in [4.78, 5) is 11.4. The highest BCUT2D eigenvalue weighted by Gasteiger charge is 2.14. The molecule has 0 heterocycles. The summed E-state index contributed by atoms with van der Waals surface area (Å²) < 4.78 is 28.8. The van der Waals surface area contributed by atoms with Gasteiger partial charge in [0, 0.05) is 5.02 Å². The second-order valence-corrected chi connectivity index (χ2v) is 5.24. The average molecular weight is 264 g/mol. The van der Waals surface area contributed by atoms with Crippen molar-refractivity contribution in [1.82, 2.24) is 0 Å². The monoisotopic (exact) mass is 263 g/mol. The van der Waals surface area contributed by atoms with E-state index < -0.39 is 16.0 Å². The normalized spacial score (nSPS) is 10.9. The second-order valence-electron chi connectivity index (χ2n) is 3.06. The molecule has 0 aromatic heterocycles. The molecule has 0 aliphatic rings. The van der Waals surface area contributed by atoms with Gasteiger partial charge in [0.1, 0.15) is 0 Å². The number of esters is 1. The molecule has 7 heteroatoms. The Hall–Kier alpha value is -1.27. The molecule has 0 amide bonds. The molecule has 88 valence electrons. The van der Waals surface area contributed by atoms with Crippen LogP contribution in [-0.4, -0.2) is 27.8 Å². The van der Waals surface area contributed by atoms with E-state index in [0.717, 1.165) is 6.26 Å². The smallest absolute Gasteiger partial charge is 0.340 e. The molecule has 0 aliphatic carbocycles. The molecule has 1 N–H and O–H groups in total. The number of ether oxygens (including phenoxy) is 1. The first kappa shape index (κ1) is 12.8. The molecule has 0 unspecified atom stereocenters. The maximum absolute atomic E-state index is 11.4. The molecular weight excluding hydrogens is 254 g/mol. The summed E-state index contributed by atoms with van der Waals surface area (Å²) in [7, 11) is -2.25. The van der Waals surface area contributed by atoms with Crippen molar-refractivity contribution in [3.63, 3.8) is 0 Å². The zero-order valence-corrected chi connectivity index (χ0v) is 10.2. The van der Waals surface area contributed by atoms with Crippen LogP contribution < -0.4 is 4.72 Å². The van der Waals surface area contributed by atoms with Crippen molar-refractivity contribution in [2.24, 2.45) is 0 Å². The molecule has 1 rings (SSSR count). The second kappa shape index (κ2) is 4.71. The van der Waals surface area contributed by atoms with Gasteiger partial charge in [0.05, 0.1) is 24.6 Å². The molecule has 1 aromatic carbocycles. The zero-order chi connectivity index (χ0) is 12.3. The molecule has 5 nitrogen and oxygen atoms in total. The van der Waals surface area contributed by atoms with Gasteiger partial charge < -0.3 is 4.74 Å². The number of carbonyl (C=O) groups is 1. The first-order valence-electron chi connectivity index (χ1n) is 4.19. The topological polar surface area (TPSA) is 72.5 Å². The highest BCUT2D eigenvalue weighted by atomic mass is 35.5. The Kier molecular flexibility index (Phi) is 3.77. The Balaban J connectivity index is 3.23. The lowest BCUT2D eigenvalue weighted by molar-refractivity contribution is 0.0602. The zero-order valence-electron chi connectivity index (χ0n) is 8.65. The van der Waals surface area contributed by atoms with Crippen LogP contribution in [0, 0.1) is 0 Å². The van der Waals surface area contributed by atoms with Gasteiger partial charge in [-0.2, -0.15) is 0 Å². The number of anilines is 1. The van der Waals surface area contributed by atoms with Gasteiger partial charge in [-0.1, -0.05) is 11.6 Å². The molecular formula is C9H10ClNO4S. The van der Waals surface area contributed by atoms with Crippen LogP contribution in [0.5, 0.6) is 0 Å². The van der Waals surface area contributed by atoms with E-state index in [1.807, 2.05) is 0 Å². The number of hydrogen-bond donors (Lipinski definition) is 1. The van der Waals surface area contributed by atoms with Crippen LogP contribution in [-0.2, 0) is 14.8 Å². The molecule has 0 bridgehead atoms. The fraction of sp³-hybridized carbons (Fsp3) is 0.222. The Morgan fingerprint density at radius 2 is 2.06 bits per heavy atom. The summed E-state index contributed by atoms with van der Waals surface area (Å²) in [6, 6.07) is 4.21. The lowest BCUT2D eigenvalue weighted by Gasteiger charge is -2.09. The van der Waals surface area contributed by atoms with Gasteiger partial charge >= 0.3 is 5.97 Å². The van der Waals surface area contributed by atoms with Crippen LogP contribution in [0.3, 0.4) is 0 Å². The minimum atomic E-state index is -3.46. The first-order chi connectivity index (χ1) is 7.33. The molecule has 0 radical (unpaired) electrons. The van der Waals surface area contributed by atoms with Gasteiger partial charge in [-0.3, -0.25) is 4.72 Å². The van der Waals surface area contributed by atoms with Crippen LogP contribution in [0.1, 0.15) is 10.4 Å². The van der Waals surface area contributed by atoms with E-state index in [1.165, 1.54) is 25.3 Å². The number of hydrogen-bond acceptors (Lipinski definition) is 4. The van der Waals surface area contributed by atoms with E-state index in [4.69, 9.17) is 11.6 Å². The van der Waals surface area contributed by atoms with Gasteiger partial charge in [-0.25, -0.2) is 13.2 Å². The van der Waals surface area contributed by atoms with E-state index in [1.54, 1.807) is 0 Å². The number of carbonyl (C=O) groups excluding carboxylic acids is 1. The number of methoxy groups -OCH3 is 1. The molecule has 0 saturated heterocycles. The highest BCUT2D eigenvalue weighted by Crippen LogP contribution is 2.22. The largest absolute Gasteiger partial charge is 0.465 e. The number of benzene rings is 1. The summed E-state index contributed by atoms with van der Waals surface area (Å²) >= 11 is 5.70. The Bertz CT molecular complexity index is 512. The van der Waals surface area contributed by atoms with Crippen molar-refractivity contribution < 1.29 is 17.9 Å². The molecule has 0 spiro atoms. The van der Waals surface area contributed by atoms with Crippen molar-refractivity contribution in [1.29, 1.82) is 0 Å². The average Bonchev–Trinajstić information content (AvgIpc) is 2.17. The highest BCUT2D eigenvalue weighted by molar-refractivity contribution is 7.92. The maximum Gasteiger partial charge on any atom is 0.340 e. The summed E-state index contributed by atoms with van der Waals surface area (Å²) in [6.45, 7) is 0. The van der Waals surface area contributed by atoms with E-state index in [9.17, 15) is 13.2 Å². The lowest BCUT2D eigenvalue weighted by Crippen LogP contribution is -2.13. The summed E-state index contributed by atoms with van der Waals surface area (Å²) in [6.07, 6.45) is 0.989. The predicted octanol–water partition coefficient (Wildman–Crippen LogP) is 1.50. The van der Waals surface area contributed by atoms with Crippen LogP contribution in [0.15, 0.2) is 18.2 Å². The third kappa shape index (κ3) is 3.39. The number of sulfonamides is 1. The number of nitrogens with one attached hydrogen (secondary N) is 1. The van der Waals surface area contributed by atoms with Crippen molar-refractivity contribution >= 4 is 33.3 Å². The van der Waals surface area contributed by atoms with Crippen LogP contribution >= 0.6 is 11.6 Å². The fourth-order valence-corrected chi connectivity index (χ4v) is 1.83. The van der Waals surface area contributed by atoms with Gasteiger partial charge in [0.25, 0.3) is 0 Å². The van der Waals surface area contributed by atoms with Crippen molar-refractivity contribution in [2.75, 3.05) is 18.1 Å². The molecule has 0 fully saturated rings. The van der Waals surface area contributed by atoms with Crippen LogP contribution in [0.25, 0.3) is 0 Å². The number of rotatable bonds is 3. The first-order valence-corrected chi connectivity index (χ1v) is 6.46. The molecule has 16 heavy (non-hydrogen) atoms. The van der Waals surface area contributed by atoms with Gasteiger partial charge in [0.2, 0.25) is 10.0 Å². The van der Waals surface area contributed by atoms with Crippen molar-refractivity contribution in [3.8, 4) is 0 Å². The Morgan fingerprint density at radius 1 is 1.44 bits per heavy atom. The Morgan fingerprint density at radius 3 is 2.56 bits per heavy atom. The lowest BCUT2D eigenvalue weighted by atomic mass is 10.2. The standard InChI is InChI=1S/C9H10ClNO4S/c1-15-9(12)7-5-6(10)3-4-8(7)11-16(2,13)14/h3-5,11H,1-2H3. The predicted molar refractivity (Wildman–Crippen MR) is 61.3 cm³/mol. The molecule has 0 aliphatic heterocycles. The van der Waals surface area contributed by atoms with Gasteiger partial charge in [0.15, 0.2) is 0 Å². The fourth-order valence-electron chi connectivity index (χ4n) is 1.08. The summed E-state index contributed by atoms with van der Waals surface area (Å²) in [5, 5.41) is 0.319. The van der Waals surface area contributed by atoms with E-state index >= 15 is 0 Å². The third-order valence-electron chi connectivity index (χ3n) is 1.68. The Labute approximate surface area is 98.4 Å². The molecule has 1 aromatic rings. The van der Waals surface area contributed by atoms with Crippen molar-refractivity contribution in [3.05, 3.63) is 28.8 Å². The van der Waals surface area contributed by atoms with E-state index in [2.05, 4.69) is 9.46 Å².